The number of carbonyl (C=O) groups is 1. The fraction of sp³-hybridized carbons (Fsp3) is 0.533. The topological polar surface area (TPSA) is 82.2 Å². The molecule has 0 bridgehead atoms. The highest BCUT2D eigenvalue weighted by Crippen LogP contribution is 2.25. The molecule has 1 aliphatic rings. The number of aromatic nitrogens is 3. The van der Waals surface area contributed by atoms with E-state index in [0.29, 0.717) is 17.5 Å². The number of furan rings is 1. The van der Waals surface area contributed by atoms with Crippen molar-refractivity contribution in [3.05, 3.63) is 18.1 Å². The van der Waals surface area contributed by atoms with E-state index in [0.717, 1.165) is 36.6 Å². The Hall–Kier alpha value is -1.80. The van der Waals surface area contributed by atoms with Gasteiger partial charge in [0, 0.05) is 20.2 Å². The van der Waals surface area contributed by atoms with Crippen molar-refractivity contribution in [3.63, 3.8) is 0 Å². The van der Waals surface area contributed by atoms with Gasteiger partial charge in [-0.25, -0.2) is 0 Å². The molecule has 2 aromatic rings. The van der Waals surface area contributed by atoms with Gasteiger partial charge in [0.15, 0.2) is 11.0 Å². The molecule has 8 heteroatoms. The predicted octanol–water partition coefficient (Wildman–Crippen LogP) is 1.77. The van der Waals surface area contributed by atoms with Crippen molar-refractivity contribution in [2.75, 3.05) is 18.9 Å². The van der Waals surface area contributed by atoms with E-state index in [9.17, 15) is 4.79 Å². The van der Waals surface area contributed by atoms with Crippen LogP contribution in [0.1, 0.15) is 18.6 Å². The molecule has 1 saturated heterocycles. The van der Waals surface area contributed by atoms with Crippen LogP contribution in [0.4, 0.5) is 0 Å². The number of amides is 1. The fourth-order valence-corrected chi connectivity index (χ4v) is 3.25. The van der Waals surface area contributed by atoms with Crippen molar-refractivity contribution in [2.24, 2.45) is 7.05 Å². The molecule has 3 rings (SSSR count). The van der Waals surface area contributed by atoms with Crippen LogP contribution >= 0.6 is 11.8 Å². The van der Waals surface area contributed by atoms with Crippen molar-refractivity contribution < 1.29 is 13.9 Å². The predicted molar refractivity (Wildman–Crippen MR) is 86.1 cm³/mol. The third kappa shape index (κ3) is 3.76. The minimum absolute atomic E-state index is 0.0189. The molecule has 0 unspecified atom stereocenters. The lowest BCUT2D eigenvalue weighted by atomic mass is 10.2. The van der Waals surface area contributed by atoms with Gasteiger partial charge in [-0.2, -0.15) is 0 Å². The van der Waals surface area contributed by atoms with Crippen molar-refractivity contribution in [1.82, 2.24) is 20.1 Å². The molecule has 1 aliphatic heterocycles. The first-order valence-electron chi connectivity index (χ1n) is 7.60. The smallest absolute Gasteiger partial charge is 0.230 e. The van der Waals surface area contributed by atoms with Gasteiger partial charge in [0.1, 0.15) is 5.76 Å². The number of nitrogens with zero attached hydrogens (tertiary/aromatic N) is 3. The molecule has 2 aromatic heterocycles. The maximum Gasteiger partial charge on any atom is 0.230 e. The third-order valence-electron chi connectivity index (χ3n) is 3.82. The minimum atomic E-state index is -0.0189. The second-order valence-corrected chi connectivity index (χ2v) is 6.43. The molecule has 0 spiro atoms. The Morgan fingerprint density at radius 3 is 3.09 bits per heavy atom. The monoisotopic (exact) mass is 336 g/mol. The Morgan fingerprint density at radius 1 is 1.52 bits per heavy atom. The van der Waals surface area contributed by atoms with Crippen LogP contribution in [-0.4, -0.2) is 45.7 Å². The number of carbonyl (C=O) groups excluding carboxylic acids is 1. The summed E-state index contributed by atoms with van der Waals surface area (Å²) >= 11 is 1.37. The summed E-state index contributed by atoms with van der Waals surface area (Å²) in [7, 11) is 1.88. The average Bonchev–Trinajstić information content (AvgIpc) is 3.25. The summed E-state index contributed by atoms with van der Waals surface area (Å²) in [5.74, 6) is 1.82. The maximum atomic E-state index is 11.9. The summed E-state index contributed by atoms with van der Waals surface area (Å²) in [5.41, 5.74) is 0.912. The lowest BCUT2D eigenvalue weighted by molar-refractivity contribution is -0.119. The number of hydrogen-bond acceptors (Lipinski definition) is 6. The highest BCUT2D eigenvalue weighted by molar-refractivity contribution is 7.99. The van der Waals surface area contributed by atoms with E-state index >= 15 is 0 Å². The maximum absolute atomic E-state index is 11.9. The zero-order valence-corrected chi connectivity index (χ0v) is 14.1. The summed E-state index contributed by atoms with van der Waals surface area (Å²) in [5, 5.41) is 11.9. The molecule has 3 heterocycles. The van der Waals surface area contributed by atoms with Crippen LogP contribution in [-0.2, 0) is 16.6 Å². The van der Waals surface area contributed by atoms with E-state index in [2.05, 4.69) is 15.5 Å². The van der Waals surface area contributed by atoms with E-state index in [1.807, 2.05) is 24.6 Å². The normalized spacial score (nSPS) is 17.6. The van der Waals surface area contributed by atoms with E-state index in [-0.39, 0.29) is 12.0 Å². The summed E-state index contributed by atoms with van der Waals surface area (Å²) < 4.78 is 12.7. The van der Waals surface area contributed by atoms with Gasteiger partial charge >= 0.3 is 0 Å². The van der Waals surface area contributed by atoms with Crippen LogP contribution in [0.5, 0.6) is 0 Å². The first-order valence-corrected chi connectivity index (χ1v) is 8.58. The Labute approximate surface area is 138 Å². The highest BCUT2D eigenvalue weighted by Gasteiger charge is 2.18. The molecule has 23 heavy (non-hydrogen) atoms. The second-order valence-electron chi connectivity index (χ2n) is 5.48. The third-order valence-corrected chi connectivity index (χ3v) is 4.84. The van der Waals surface area contributed by atoms with Crippen LogP contribution in [0.15, 0.2) is 21.9 Å². The molecule has 1 atom stereocenters. The molecular formula is C15H20N4O3S. The Balaban J connectivity index is 1.53. The van der Waals surface area contributed by atoms with Crippen molar-refractivity contribution in [1.29, 1.82) is 0 Å². The number of rotatable bonds is 6. The lowest BCUT2D eigenvalue weighted by Crippen LogP contribution is -2.32. The molecule has 1 amide bonds. The van der Waals surface area contributed by atoms with Crippen LogP contribution in [0.2, 0.25) is 0 Å². The quantitative estimate of drug-likeness (QED) is 0.810. The van der Waals surface area contributed by atoms with Gasteiger partial charge in [-0.3, -0.25) is 4.79 Å². The van der Waals surface area contributed by atoms with Crippen LogP contribution < -0.4 is 5.32 Å². The van der Waals surface area contributed by atoms with Crippen LogP contribution in [0, 0.1) is 6.92 Å². The Kier molecular flexibility index (Phi) is 5.02. The van der Waals surface area contributed by atoms with Gasteiger partial charge in [-0.05, 0) is 25.8 Å². The molecule has 0 saturated carbocycles. The van der Waals surface area contributed by atoms with Gasteiger partial charge < -0.3 is 19.0 Å². The standard InChI is InChI=1S/C15H20N4O3S/c1-10-12(5-7-21-10)14-17-18-15(19(14)2)23-9-13(20)16-8-11-4-3-6-22-11/h5,7,11H,3-4,6,8-9H2,1-2H3,(H,16,20)/t11-/m1/s1. The Morgan fingerprint density at radius 2 is 2.39 bits per heavy atom. The second kappa shape index (κ2) is 7.18. The summed E-state index contributed by atoms with van der Waals surface area (Å²) in [6.07, 6.45) is 3.88. The molecular weight excluding hydrogens is 316 g/mol. The molecule has 1 fully saturated rings. The number of hydrogen-bond donors (Lipinski definition) is 1. The van der Waals surface area contributed by atoms with Crippen molar-refractivity contribution in [2.45, 2.75) is 31.0 Å². The zero-order valence-electron chi connectivity index (χ0n) is 13.2. The van der Waals surface area contributed by atoms with Gasteiger partial charge in [0.05, 0.1) is 23.7 Å². The zero-order chi connectivity index (χ0) is 16.2. The first-order chi connectivity index (χ1) is 11.1. The fourth-order valence-electron chi connectivity index (χ4n) is 2.51. The molecule has 7 nitrogen and oxygen atoms in total. The largest absolute Gasteiger partial charge is 0.469 e. The molecule has 0 aromatic carbocycles. The van der Waals surface area contributed by atoms with Gasteiger partial charge in [-0.1, -0.05) is 11.8 Å². The van der Waals surface area contributed by atoms with Gasteiger partial charge in [-0.15, -0.1) is 10.2 Å². The summed E-state index contributed by atoms with van der Waals surface area (Å²) in [4.78, 5) is 11.9. The lowest BCUT2D eigenvalue weighted by Gasteiger charge is -2.10. The van der Waals surface area contributed by atoms with E-state index in [1.54, 1.807) is 6.26 Å². The van der Waals surface area contributed by atoms with Crippen molar-refractivity contribution >= 4 is 17.7 Å². The molecule has 124 valence electrons. The first kappa shape index (κ1) is 16.1. The minimum Gasteiger partial charge on any atom is -0.469 e. The highest BCUT2D eigenvalue weighted by atomic mass is 32.2. The molecule has 1 N–H and O–H groups in total. The summed E-state index contributed by atoms with van der Waals surface area (Å²) in [6, 6.07) is 1.86. The number of aryl methyl sites for hydroxylation is 1. The summed E-state index contributed by atoms with van der Waals surface area (Å²) in [6.45, 7) is 3.26. The molecule has 0 radical (unpaired) electrons. The van der Waals surface area contributed by atoms with Gasteiger partial charge in [0.2, 0.25) is 5.91 Å². The molecule has 0 aliphatic carbocycles. The average molecular weight is 336 g/mol. The SMILES string of the molecule is Cc1occc1-c1nnc(SCC(=O)NC[C@H]2CCCO2)n1C. The number of ether oxygens (including phenoxy) is 1. The van der Waals surface area contributed by atoms with Crippen molar-refractivity contribution in [3.8, 4) is 11.4 Å². The van der Waals surface area contributed by atoms with E-state index in [1.165, 1.54) is 11.8 Å². The van der Waals surface area contributed by atoms with Gasteiger partial charge in [0.25, 0.3) is 0 Å². The Bertz CT molecular complexity index is 676. The van der Waals surface area contributed by atoms with Crippen LogP contribution in [0.25, 0.3) is 11.4 Å². The van der Waals surface area contributed by atoms with E-state index < -0.39 is 0 Å². The number of thioether (sulfide) groups is 1. The van der Waals surface area contributed by atoms with Crippen LogP contribution in [0.3, 0.4) is 0 Å². The van der Waals surface area contributed by atoms with E-state index in [4.69, 9.17) is 9.15 Å². The number of nitrogens with one attached hydrogen (secondary N) is 1.